The molecule has 0 bridgehead atoms. The lowest BCUT2D eigenvalue weighted by Crippen LogP contribution is -2.39. The lowest BCUT2D eigenvalue weighted by molar-refractivity contribution is -0.143. The fourth-order valence-electron chi connectivity index (χ4n) is 2.51. The molecule has 1 saturated heterocycles. The SMILES string of the molecule is CCNC(=NCCCCCCC(=O)OCC)N1CCCC1. The van der Waals surface area contributed by atoms with Gasteiger partial charge in [0, 0.05) is 32.6 Å². The molecular weight excluding hydrogens is 266 g/mol. The summed E-state index contributed by atoms with van der Waals surface area (Å²) in [6.07, 6.45) is 7.32. The van der Waals surface area contributed by atoms with Gasteiger partial charge in [-0.2, -0.15) is 0 Å². The number of aliphatic imine (C=N–C) groups is 1. The Morgan fingerprint density at radius 1 is 1.14 bits per heavy atom. The molecule has 1 N–H and O–H groups in total. The molecule has 5 nitrogen and oxygen atoms in total. The third-order valence-electron chi connectivity index (χ3n) is 3.60. The monoisotopic (exact) mass is 297 g/mol. The molecule has 0 aliphatic carbocycles. The van der Waals surface area contributed by atoms with Crippen LogP contribution in [0.3, 0.4) is 0 Å². The summed E-state index contributed by atoms with van der Waals surface area (Å²) >= 11 is 0. The van der Waals surface area contributed by atoms with Gasteiger partial charge in [-0.25, -0.2) is 0 Å². The molecule has 0 saturated carbocycles. The van der Waals surface area contributed by atoms with Crippen LogP contribution >= 0.6 is 0 Å². The van der Waals surface area contributed by atoms with Crippen LogP contribution in [0.5, 0.6) is 0 Å². The van der Waals surface area contributed by atoms with E-state index in [9.17, 15) is 4.79 Å². The first-order valence-corrected chi connectivity index (χ1v) is 8.46. The van der Waals surface area contributed by atoms with Crippen molar-refractivity contribution in [1.82, 2.24) is 10.2 Å². The number of unbranched alkanes of at least 4 members (excludes halogenated alkanes) is 3. The molecule has 5 heteroatoms. The van der Waals surface area contributed by atoms with Crippen LogP contribution in [0.25, 0.3) is 0 Å². The minimum Gasteiger partial charge on any atom is -0.466 e. The highest BCUT2D eigenvalue weighted by molar-refractivity contribution is 5.80. The molecule has 1 heterocycles. The van der Waals surface area contributed by atoms with Crippen molar-refractivity contribution in [1.29, 1.82) is 0 Å². The van der Waals surface area contributed by atoms with Gasteiger partial charge < -0.3 is 15.0 Å². The number of carbonyl (C=O) groups excluding carboxylic acids is 1. The van der Waals surface area contributed by atoms with Crippen molar-refractivity contribution in [3.8, 4) is 0 Å². The van der Waals surface area contributed by atoms with Crippen LogP contribution in [0.1, 0.15) is 58.8 Å². The lowest BCUT2D eigenvalue weighted by atomic mass is 10.1. The van der Waals surface area contributed by atoms with Crippen LogP contribution < -0.4 is 5.32 Å². The molecule has 0 aromatic heterocycles. The van der Waals surface area contributed by atoms with Gasteiger partial charge in [0.25, 0.3) is 0 Å². The first-order valence-electron chi connectivity index (χ1n) is 8.46. The molecule has 0 aromatic carbocycles. The van der Waals surface area contributed by atoms with Gasteiger partial charge in [0.2, 0.25) is 0 Å². The van der Waals surface area contributed by atoms with Gasteiger partial charge in [0.1, 0.15) is 0 Å². The fraction of sp³-hybridized carbons (Fsp3) is 0.875. The van der Waals surface area contributed by atoms with Crippen molar-refractivity contribution in [2.45, 2.75) is 58.8 Å². The Labute approximate surface area is 129 Å². The average Bonchev–Trinajstić information content (AvgIpc) is 2.99. The Morgan fingerprint density at radius 2 is 1.86 bits per heavy atom. The molecule has 0 atom stereocenters. The number of nitrogens with zero attached hydrogens (tertiary/aromatic N) is 2. The molecule has 21 heavy (non-hydrogen) atoms. The summed E-state index contributed by atoms with van der Waals surface area (Å²) in [5, 5.41) is 3.37. The summed E-state index contributed by atoms with van der Waals surface area (Å²) in [4.78, 5) is 18.2. The van der Waals surface area contributed by atoms with Crippen LogP contribution in [0.4, 0.5) is 0 Å². The van der Waals surface area contributed by atoms with Crippen molar-refractivity contribution >= 4 is 11.9 Å². The van der Waals surface area contributed by atoms with Crippen LogP contribution in [0, 0.1) is 0 Å². The Balaban J connectivity index is 2.09. The smallest absolute Gasteiger partial charge is 0.305 e. The number of esters is 1. The van der Waals surface area contributed by atoms with E-state index in [1.807, 2.05) is 6.92 Å². The van der Waals surface area contributed by atoms with Crippen LogP contribution in [-0.4, -0.2) is 49.6 Å². The predicted octanol–water partition coefficient (Wildman–Crippen LogP) is 2.56. The summed E-state index contributed by atoms with van der Waals surface area (Å²) in [5.74, 6) is 1.00. The van der Waals surface area contributed by atoms with Gasteiger partial charge in [-0.15, -0.1) is 0 Å². The molecule has 0 amide bonds. The largest absolute Gasteiger partial charge is 0.466 e. The fourth-order valence-corrected chi connectivity index (χ4v) is 2.51. The predicted molar refractivity (Wildman–Crippen MR) is 86.5 cm³/mol. The topological polar surface area (TPSA) is 53.9 Å². The van der Waals surface area contributed by atoms with Gasteiger partial charge in [0.05, 0.1) is 6.61 Å². The first-order chi connectivity index (χ1) is 10.3. The van der Waals surface area contributed by atoms with E-state index in [0.717, 1.165) is 57.8 Å². The van der Waals surface area contributed by atoms with E-state index in [0.29, 0.717) is 13.0 Å². The van der Waals surface area contributed by atoms with E-state index in [1.54, 1.807) is 0 Å². The van der Waals surface area contributed by atoms with Crippen molar-refractivity contribution < 1.29 is 9.53 Å². The number of guanidine groups is 1. The van der Waals surface area contributed by atoms with Gasteiger partial charge in [-0.05, 0) is 39.5 Å². The average molecular weight is 297 g/mol. The second-order valence-electron chi connectivity index (χ2n) is 5.40. The normalized spacial score (nSPS) is 15.3. The maximum Gasteiger partial charge on any atom is 0.305 e. The van der Waals surface area contributed by atoms with E-state index in [-0.39, 0.29) is 5.97 Å². The van der Waals surface area contributed by atoms with E-state index < -0.39 is 0 Å². The quantitative estimate of drug-likeness (QED) is 0.307. The van der Waals surface area contributed by atoms with E-state index >= 15 is 0 Å². The maximum absolute atomic E-state index is 11.2. The third kappa shape index (κ3) is 7.93. The molecule has 0 aromatic rings. The zero-order valence-corrected chi connectivity index (χ0v) is 13.7. The van der Waals surface area contributed by atoms with Crippen LogP contribution in [-0.2, 0) is 9.53 Å². The Hall–Kier alpha value is -1.26. The Bertz CT molecular complexity index is 313. The minimum absolute atomic E-state index is 0.0704. The van der Waals surface area contributed by atoms with Gasteiger partial charge >= 0.3 is 5.97 Å². The summed E-state index contributed by atoms with van der Waals surface area (Å²) in [6, 6.07) is 0. The standard InChI is InChI=1S/C16H31N3O2/c1-3-17-16(19-13-9-10-14-19)18-12-8-6-5-7-11-15(20)21-4-2/h3-14H2,1-2H3,(H,17,18). The number of ether oxygens (including phenoxy) is 1. The van der Waals surface area contributed by atoms with Gasteiger partial charge in [-0.1, -0.05) is 12.8 Å². The van der Waals surface area contributed by atoms with Crippen molar-refractivity contribution in [3.05, 3.63) is 0 Å². The number of nitrogens with one attached hydrogen (secondary N) is 1. The van der Waals surface area contributed by atoms with Crippen molar-refractivity contribution in [2.24, 2.45) is 4.99 Å². The third-order valence-corrected chi connectivity index (χ3v) is 3.60. The van der Waals surface area contributed by atoms with Crippen LogP contribution in [0.2, 0.25) is 0 Å². The second kappa shape index (κ2) is 11.4. The Morgan fingerprint density at radius 3 is 2.52 bits per heavy atom. The van der Waals surface area contributed by atoms with Gasteiger partial charge in [-0.3, -0.25) is 9.79 Å². The highest BCUT2D eigenvalue weighted by atomic mass is 16.5. The molecule has 0 unspecified atom stereocenters. The summed E-state index contributed by atoms with van der Waals surface area (Å²) in [5.41, 5.74) is 0. The summed E-state index contributed by atoms with van der Waals surface area (Å²) in [6.45, 7) is 8.50. The van der Waals surface area contributed by atoms with E-state index in [4.69, 9.17) is 9.73 Å². The van der Waals surface area contributed by atoms with E-state index in [1.165, 1.54) is 12.8 Å². The number of likely N-dealkylation sites (tertiary alicyclic amines) is 1. The van der Waals surface area contributed by atoms with Crippen molar-refractivity contribution in [2.75, 3.05) is 32.8 Å². The molecule has 122 valence electrons. The summed E-state index contributed by atoms with van der Waals surface area (Å²) < 4.78 is 4.91. The van der Waals surface area contributed by atoms with Crippen molar-refractivity contribution in [3.63, 3.8) is 0 Å². The first kappa shape index (κ1) is 17.8. The molecule has 1 aliphatic heterocycles. The molecule has 1 fully saturated rings. The maximum atomic E-state index is 11.2. The molecule has 1 aliphatic rings. The highest BCUT2D eigenvalue weighted by Gasteiger charge is 2.14. The van der Waals surface area contributed by atoms with Crippen LogP contribution in [0.15, 0.2) is 4.99 Å². The number of hydrogen-bond donors (Lipinski definition) is 1. The number of carbonyl (C=O) groups is 1. The van der Waals surface area contributed by atoms with E-state index in [2.05, 4.69) is 17.1 Å². The minimum atomic E-state index is -0.0704. The lowest BCUT2D eigenvalue weighted by Gasteiger charge is -2.20. The second-order valence-corrected chi connectivity index (χ2v) is 5.40. The molecular formula is C16H31N3O2. The molecule has 0 spiro atoms. The Kier molecular flexibility index (Phi) is 9.66. The zero-order valence-electron chi connectivity index (χ0n) is 13.7. The summed E-state index contributed by atoms with van der Waals surface area (Å²) in [7, 11) is 0. The van der Waals surface area contributed by atoms with Gasteiger partial charge in [0.15, 0.2) is 5.96 Å². The molecule has 0 radical (unpaired) electrons. The highest BCUT2D eigenvalue weighted by Crippen LogP contribution is 2.08. The molecule has 1 rings (SSSR count). The number of rotatable bonds is 9. The number of hydrogen-bond acceptors (Lipinski definition) is 3. The zero-order chi connectivity index (χ0) is 15.3.